The molecule has 132 valence electrons. The Hall–Kier alpha value is -3.10. The lowest BCUT2D eigenvalue weighted by molar-refractivity contribution is -0.483. The molecule has 1 heterocycles. The maximum absolute atomic E-state index is 12.2. The van der Waals surface area contributed by atoms with E-state index in [2.05, 4.69) is 9.47 Å². The lowest BCUT2D eigenvalue weighted by atomic mass is 9.88. The second kappa shape index (κ2) is 7.65. The number of nitro groups is 1. The van der Waals surface area contributed by atoms with E-state index in [9.17, 15) is 29.3 Å². The zero-order valence-electron chi connectivity index (χ0n) is 13.3. The number of ether oxygens (including phenoxy) is 2. The SMILES string of the molecule is COC(=O)c1ccc(C(CC(=O)C2C(=O)COC2=O)C[N+](=O)[O-])cc1. The van der Waals surface area contributed by atoms with Crippen molar-refractivity contribution < 1.29 is 33.6 Å². The summed E-state index contributed by atoms with van der Waals surface area (Å²) >= 11 is 0. The van der Waals surface area contributed by atoms with Crippen LogP contribution in [-0.4, -0.2) is 48.7 Å². The number of carbonyl (C=O) groups excluding carboxylic acids is 4. The molecule has 1 fully saturated rings. The molecule has 1 aromatic rings. The molecule has 0 aliphatic carbocycles. The number of nitrogens with zero attached hydrogens (tertiary/aromatic N) is 1. The molecule has 2 unspecified atom stereocenters. The first-order valence-corrected chi connectivity index (χ1v) is 7.35. The fourth-order valence-corrected chi connectivity index (χ4v) is 2.59. The van der Waals surface area contributed by atoms with Crippen LogP contribution >= 0.6 is 0 Å². The Morgan fingerprint density at radius 2 is 1.96 bits per heavy atom. The summed E-state index contributed by atoms with van der Waals surface area (Å²) in [7, 11) is 1.22. The highest BCUT2D eigenvalue weighted by atomic mass is 16.6. The summed E-state index contributed by atoms with van der Waals surface area (Å²) < 4.78 is 9.09. The van der Waals surface area contributed by atoms with Gasteiger partial charge in [0.05, 0.1) is 18.6 Å². The van der Waals surface area contributed by atoms with Gasteiger partial charge in [-0.2, -0.15) is 0 Å². The number of ketones is 2. The van der Waals surface area contributed by atoms with Crippen LogP contribution in [0.5, 0.6) is 0 Å². The van der Waals surface area contributed by atoms with Crippen molar-refractivity contribution in [2.75, 3.05) is 20.3 Å². The van der Waals surface area contributed by atoms with E-state index in [1.807, 2.05) is 0 Å². The highest BCUT2D eigenvalue weighted by Crippen LogP contribution is 2.25. The van der Waals surface area contributed by atoms with E-state index in [0.29, 0.717) is 5.56 Å². The molecule has 1 aromatic carbocycles. The van der Waals surface area contributed by atoms with Gasteiger partial charge in [-0.15, -0.1) is 0 Å². The van der Waals surface area contributed by atoms with Gasteiger partial charge in [0, 0.05) is 11.3 Å². The molecule has 1 saturated heterocycles. The normalized spacial score (nSPS) is 17.7. The lowest BCUT2D eigenvalue weighted by Gasteiger charge is -2.14. The van der Waals surface area contributed by atoms with Crippen molar-refractivity contribution in [3.8, 4) is 0 Å². The van der Waals surface area contributed by atoms with Crippen molar-refractivity contribution in [1.29, 1.82) is 0 Å². The first-order valence-electron chi connectivity index (χ1n) is 7.35. The first-order chi connectivity index (χ1) is 11.8. The molecule has 1 aliphatic heterocycles. The number of hydrogen-bond donors (Lipinski definition) is 0. The number of esters is 2. The Kier molecular flexibility index (Phi) is 5.58. The predicted molar refractivity (Wildman–Crippen MR) is 81.5 cm³/mol. The fraction of sp³-hybridized carbons (Fsp3) is 0.375. The van der Waals surface area contributed by atoms with Crippen LogP contribution in [-0.2, 0) is 23.9 Å². The smallest absolute Gasteiger partial charge is 0.337 e. The molecule has 1 aliphatic rings. The van der Waals surface area contributed by atoms with E-state index in [0.717, 1.165) is 0 Å². The third-order valence-electron chi connectivity index (χ3n) is 3.86. The quantitative estimate of drug-likeness (QED) is 0.302. The van der Waals surface area contributed by atoms with E-state index >= 15 is 0 Å². The van der Waals surface area contributed by atoms with Gasteiger partial charge in [-0.3, -0.25) is 24.5 Å². The molecule has 0 amide bonds. The molecule has 2 atom stereocenters. The van der Waals surface area contributed by atoms with Gasteiger partial charge in [-0.1, -0.05) is 12.1 Å². The van der Waals surface area contributed by atoms with Crippen LogP contribution in [0.4, 0.5) is 0 Å². The van der Waals surface area contributed by atoms with Crippen molar-refractivity contribution >= 4 is 23.5 Å². The third kappa shape index (κ3) is 4.25. The Morgan fingerprint density at radius 3 is 2.44 bits per heavy atom. The van der Waals surface area contributed by atoms with Gasteiger partial charge in [0.2, 0.25) is 6.54 Å². The van der Waals surface area contributed by atoms with Gasteiger partial charge in [0.15, 0.2) is 24.1 Å². The molecule has 9 heteroatoms. The topological polar surface area (TPSA) is 130 Å². The minimum atomic E-state index is -1.51. The average Bonchev–Trinajstić information content (AvgIpc) is 2.92. The predicted octanol–water partition coefficient (Wildman–Crippen LogP) is 0.535. The summed E-state index contributed by atoms with van der Waals surface area (Å²) in [6.45, 7) is -1.01. The summed E-state index contributed by atoms with van der Waals surface area (Å²) in [4.78, 5) is 57.0. The second-order valence-electron chi connectivity index (χ2n) is 5.50. The van der Waals surface area contributed by atoms with Gasteiger partial charge in [-0.25, -0.2) is 4.79 Å². The van der Waals surface area contributed by atoms with Crippen molar-refractivity contribution in [1.82, 2.24) is 0 Å². The van der Waals surface area contributed by atoms with Crippen molar-refractivity contribution in [2.45, 2.75) is 12.3 Å². The van der Waals surface area contributed by atoms with Crippen molar-refractivity contribution in [3.05, 3.63) is 45.5 Å². The van der Waals surface area contributed by atoms with Gasteiger partial charge in [0.25, 0.3) is 0 Å². The molecule has 0 bridgehead atoms. The Morgan fingerprint density at radius 1 is 1.32 bits per heavy atom. The molecular formula is C16H15NO8. The Balaban J connectivity index is 2.19. The molecule has 9 nitrogen and oxygen atoms in total. The average molecular weight is 349 g/mol. The van der Waals surface area contributed by atoms with E-state index in [-0.39, 0.29) is 12.0 Å². The Labute approximate surface area is 142 Å². The standard InChI is InChI=1S/C16H15NO8/c1-24-15(20)10-4-2-9(3-5-10)11(7-17(22)23)6-12(18)14-13(19)8-25-16(14)21/h2-5,11,14H,6-8H2,1H3. The minimum absolute atomic E-state index is 0.256. The molecule has 0 radical (unpaired) electrons. The number of benzene rings is 1. The molecule has 0 saturated carbocycles. The van der Waals surface area contributed by atoms with E-state index in [4.69, 9.17) is 0 Å². The first kappa shape index (κ1) is 18.2. The second-order valence-corrected chi connectivity index (χ2v) is 5.50. The van der Waals surface area contributed by atoms with Crippen molar-refractivity contribution in [2.24, 2.45) is 5.92 Å². The van der Waals surface area contributed by atoms with Crippen LogP contribution in [0.1, 0.15) is 28.3 Å². The molecule has 0 aromatic heterocycles. The van der Waals surface area contributed by atoms with Gasteiger partial charge in [-0.05, 0) is 17.7 Å². The fourth-order valence-electron chi connectivity index (χ4n) is 2.59. The van der Waals surface area contributed by atoms with Crippen LogP contribution < -0.4 is 0 Å². The zero-order chi connectivity index (χ0) is 18.6. The van der Waals surface area contributed by atoms with Crippen LogP contribution in [0.15, 0.2) is 24.3 Å². The van der Waals surface area contributed by atoms with Gasteiger partial charge in [0.1, 0.15) is 0 Å². The lowest BCUT2D eigenvalue weighted by Crippen LogP contribution is -2.28. The number of rotatable bonds is 7. The van der Waals surface area contributed by atoms with Crippen LogP contribution in [0.25, 0.3) is 0 Å². The number of cyclic esters (lactones) is 1. The van der Waals surface area contributed by atoms with Crippen LogP contribution in [0.3, 0.4) is 0 Å². The number of carbonyl (C=O) groups is 4. The molecule has 0 spiro atoms. The third-order valence-corrected chi connectivity index (χ3v) is 3.86. The molecular weight excluding hydrogens is 334 g/mol. The van der Waals surface area contributed by atoms with Gasteiger partial charge < -0.3 is 9.47 Å². The summed E-state index contributed by atoms with van der Waals surface area (Å²) in [5.74, 6) is -5.19. The van der Waals surface area contributed by atoms with Crippen molar-refractivity contribution in [3.63, 3.8) is 0 Å². The minimum Gasteiger partial charge on any atom is -0.465 e. The zero-order valence-corrected chi connectivity index (χ0v) is 13.3. The van der Waals surface area contributed by atoms with E-state index < -0.39 is 53.4 Å². The number of methoxy groups -OCH3 is 1. The van der Waals surface area contributed by atoms with Crippen LogP contribution in [0.2, 0.25) is 0 Å². The van der Waals surface area contributed by atoms with Gasteiger partial charge >= 0.3 is 11.9 Å². The summed E-state index contributed by atoms with van der Waals surface area (Å²) in [6.07, 6.45) is -0.357. The molecule has 25 heavy (non-hydrogen) atoms. The number of Topliss-reactive ketones (excluding diaryl/α,β-unsaturated/α-hetero) is 2. The summed E-state index contributed by atoms with van der Waals surface area (Å²) in [5.41, 5.74) is 0.698. The monoisotopic (exact) mass is 349 g/mol. The number of hydrogen-bond acceptors (Lipinski definition) is 8. The Bertz CT molecular complexity index is 708. The van der Waals surface area contributed by atoms with E-state index in [1.54, 1.807) is 0 Å². The largest absolute Gasteiger partial charge is 0.465 e. The maximum atomic E-state index is 12.2. The maximum Gasteiger partial charge on any atom is 0.337 e. The summed E-state index contributed by atoms with van der Waals surface area (Å²) in [5, 5.41) is 10.9. The van der Waals surface area contributed by atoms with E-state index in [1.165, 1.54) is 31.4 Å². The summed E-state index contributed by atoms with van der Waals surface area (Å²) in [6, 6.07) is 5.80. The van der Waals surface area contributed by atoms with Crippen LogP contribution in [0, 0.1) is 16.0 Å². The molecule has 0 N–H and O–H groups in total. The highest BCUT2D eigenvalue weighted by molar-refractivity contribution is 6.20. The molecule has 2 rings (SSSR count). The highest BCUT2D eigenvalue weighted by Gasteiger charge is 2.42.